The van der Waals surface area contributed by atoms with Crippen LogP contribution in [0.4, 0.5) is 5.69 Å². The van der Waals surface area contributed by atoms with Gasteiger partial charge >= 0.3 is 0 Å². The fourth-order valence-electron chi connectivity index (χ4n) is 2.75. The highest BCUT2D eigenvalue weighted by Crippen LogP contribution is 2.30. The predicted molar refractivity (Wildman–Crippen MR) is 84.3 cm³/mol. The zero-order chi connectivity index (χ0) is 15.6. The van der Waals surface area contributed by atoms with Gasteiger partial charge in [0.1, 0.15) is 0 Å². The first-order chi connectivity index (χ1) is 9.92. The van der Waals surface area contributed by atoms with Gasteiger partial charge in [0.25, 0.3) is 0 Å². The van der Waals surface area contributed by atoms with Gasteiger partial charge in [0, 0.05) is 30.4 Å². The van der Waals surface area contributed by atoms with Crippen LogP contribution in [0.5, 0.6) is 0 Å². The van der Waals surface area contributed by atoms with Crippen molar-refractivity contribution in [3.05, 3.63) is 28.8 Å². The van der Waals surface area contributed by atoms with Gasteiger partial charge in [-0.25, -0.2) is 0 Å². The first-order valence-electron chi connectivity index (χ1n) is 6.79. The number of β-amino-alcohol motifs (C(OH)–C–C–N with tert-alkyl or cyclic N) is 1. The lowest BCUT2D eigenvalue weighted by Crippen LogP contribution is -2.37. The largest absolute Gasteiger partial charge is 0.409 e. The molecule has 1 aromatic rings. The molecule has 0 aromatic heterocycles. The van der Waals surface area contributed by atoms with E-state index in [1.807, 2.05) is 20.2 Å². The number of likely N-dealkylation sites (N-methyl/N-ethyl adjacent to an activating group) is 1. The van der Waals surface area contributed by atoms with Crippen LogP contribution in [0.1, 0.15) is 12.0 Å². The average molecular weight is 313 g/mol. The Morgan fingerprint density at radius 2 is 2.24 bits per heavy atom. The van der Waals surface area contributed by atoms with Crippen LogP contribution in [0.2, 0.25) is 5.02 Å². The number of aliphatic hydroxyl groups excluding tert-OH is 1. The molecule has 1 aliphatic rings. The molecule has 0 saturated carbocycles. The van der Waals surface area contributed by atoms with Crippen LogP contribution in [0, 0.1) is 0 Å². The van der Waals surface area contributed by atoms with E-state index in [1.165, 1.54) is 0 Å². The second-order valence-corrected chi connectivity index (χ2v) is 6.01. The van der Waals surface area contributed by atoms with Crippen LogP contribution >= 0.6 is 11.6 Å². The lowest BCUT2D eigenvalue weighted by atomic mass is 10.1. The summed E-state index contributed by atoms with van der Waals surface area (Å²) in [6.45, 7) is 1.44. The molecule has 2 rings (SSSR count). The Hall–Kier alpha value is -1.50. The summed E-state index contributed by atoms with van der Waals surface area (Å²) in [4.78, 5) is 4.24. The number of oxime groups is 1. The van der Waals surface area contributed by atoms with E-state index >= 15 is 0 Å². The maximum Gasteiger partial charge on any atom is 0.171 e. The second-order valence-electron chi connectivity index (χ2n) is 5.61. The van der Waals surface area contributed by atoms with Gasteiger partial charge in [-0.3, -0.25) is 0 Å². The van der Waals surface area contributed by atoms with E-state index in [4.69, 9.17) is 22.5 Å². The van der Waals surface area contributed by atoms with Crippen molar-refractivity contribution in [2.45, 2.75) is 18.6 Å². The van der Waals surface area contributed by atoms with Crippen LogP contribution in [0.15, 0.2) is 23.4 Å². The van der Waals surface area contributed by atoms with Gasteiger partial charge in [0.15, 0.2) is 5.84 Å². The normalized spacial score (nSPS) is 23.1. The molecule has 0 spiro atoms. The van der Waals surface area contributed by atoms with Crippen LogP contribution in [-0.4, -0.2) is 60.4 Å². The molecule has 0 aliphatic carbocycles. The van der Waals surface area contributed by atoms with Gasteiger partial charge in [-0.1, -0.05) is 16.8 Å². The molecule has 7 heteroatoms. The lowest BCUT2D eigenvalue weighted by molar-refractivity contribution is 0.191. The Balaban J connectivity index is 2.26. The predicted octanol–water partition coefficient (Wildman–Crippen LogP) is 0.936. The number of hydrogen-bond acceptors (Lipinski definition) is 5. The summed E-state index contributed by atoms with van der Waals surface area (Å²) >= 11 is 6.20. The molecule has 21 heavy (non-hydrogen) atoms. The van der Waals surface area contributed by atoms with Crippen molar-refractivity contribution in [1.82, 2.24) is 4.90 Å². The Kier molecular flexibility index (Phi) is 4.92. The van der Waals surface area contributed by atoms with Gasteiger partial charge in [-0.05, 0) is 38.7 Å². The molecule has 0 bridgehead atoms. The minimum Gasteiger partial charge on any atom is -0.409 e. The van der Waals surface area contributed by atoms with Crippen molar-refractivity contribution in [3.63, 3.8) is 0 Å². The number of amidine groups is 1. The van der Waals surface area contributed by atoms with Crippen molar-refractivity contribution >= 4 is 23.1 Å². The Morgan fingerprint density at radius 1 is 1.52 bits per heavy atom. The minimum absolute atomic E-state index is 0.0159. The molecular formula is C14H21ClN4O2. The summed E-state index contributed by atoms with van der Waals surface area (Å²) in [5, 5.41) is 22.0. The van der Waals surface area contributed by atoms with Crippen molar-refractivity contribution in [3.8, 4) is 0 Å². The number of anilines is 1. The summed E-state index contributed by atoms with van der Waals surface area (Å²) in [7, 11) is 4.02. The van der Waals surface area contributed by atoms with Gasteiger partial charge in [0.05, 0.1) is 11.1 Å². The third-order valence-corrected chi connectivity index (χ3v) is 3.95. The Bertz CT molecular complexity index is 536. The van der Waals surface area contributed by atoms with Crippen molar-refractivity contribution in [1.29, 1.82) is 0 Å². The van der Waals surface area contributed by atoms with E-state index in [2.05, 4.69) is 15.0 Å². The van der Waals surface area contributed by atoms with E-state index < -0.39 is 0 Å². The van der Waals surface area contributed by atoms with Crippen LogP contribution in [-0.2, 0) is 0 Å². The zero-order valence-corrected chi connectivity index (χ0v) is 13.0. The van der Waals surface area contributed by atoms with Gasteiger partial charge in [-0.15, -0.1) is 0 Å². The number of hydrogen-bond donors (Lipinski definition) is 3. The molecule has 1 fully saturated rings. The fraction of sp³-hybridized carbons (Fsp3) is 0.500. The van der Waals surface area contributed by atoms with Gasteiger partial charge in [-0.2, -0.15) is 0 Å². The molecule has 1 heterocycles. The van der Waals surface area contributed by atoms with Gasteiger partial charge in [0.2, 0.25) is 0 Å². The minimum atomic E-state index is -0.336. The number of aliphatic hydroxyl groups is 1. The van der Waals surface area contributed by atoms with E-state index in [0.29, 0.717) is 17.1 Å². The molecule has 1 aromatic carbocycles. The SMILES string of the molecule is CN(C)CC1CC(O)CN1c1ccc(C(N)=NO)c(Cl)c1. The summed E-state index contributed by atoms with van der Waals surface area (Å²) in [6.07, 6.45) is 0.398. The number of halogens is 1. The molecule has 116 valence electrons. The molecule has 0 radical (unpaired) electrons. The van der Waals surface area contributed by atoms with Crippen LogP contribution in [0.3, 0.4) is 0 Å². The standard InChI is InChI=1S/C14H21ClN4O2/c1-18(2)7-10-5-11(20)8-19(10)9-3-4-12(13(15)6-9)14(16)17-21/h3-4,6,10-11,20-21H,5,7-8H2,1-2H3,(H2,16,17). The second kappa shape index (κ2) is 6.51. The van der Waals surface area contributed by atoms with Crippen molar-refractivity contribution in [2.75, 3.05) is 32.1 Å². The number of nitrogens with zero attached hydrogens (tertiary/aromatic N) is 3. The highest BCUT2D eigenvalue weighted by atomic mass is 35.5. The highest BCUT2D eigenvalue weighted by molar-refractivity contribution is 6.34. The first kappa shape index (κ1) is 15.9. The third kappa shape index (κ3) is 3.58. The molecule has 2 unspecified atom stereocenters. The average Bonchev–Trinajstić information content (AvgIpc) is 2.77. The summed E-state index contributed by atoms with van der Waals surface area (Å²) in [5.74, 6) is -0.0159. The van der Waals surface area contributed by atoms with E-state index in [9.17, 15) is 5.11 Å². The number of benzene rings is 1. The first-order valence-corrected chi connectivity index (χ1v) is 7.17. The zero-order valence-electron chi connectivity index (χ0n) is 12.2. The summed E-state index contributed by atoms with van der Waals surface area (Å²) in [5.41, 5.74) is 6.99. The Morgan fingerprint density at radius 3 is 2.81 bits per heavy atom. The number of rotatable bonds is 4. The van der Waals surface area contributed by atoms with Crippen LogP contribution in [0.25, 0.3) is 0 Å². The summed E-state index contributed by atoms with van der Waals surface area (Å²) < 4.78 is 0. The molecule has 4 N–H and O–H groups in total. The van der Waals surface area contributed by atoms with Crippen LogP contribution < -0.4 is 10.6 Å². The Labute approximate surface area is 129 Å². The van der Waals surface area contributed by atoms with E-state index in [-0.39, 0.29) is 18.0 Å². The smallest absolute Gasteiger partial charge is 0.171 e. The van der Waals surface area contributed by atoms with E-state index in [1.54, 1.807) is 12.1 Å². The fourth-order valence-corrected chi connectivity index (χ4v) is 3.02. The van der Waals surface area contributed by atoms with E-state index in [0.717, 1.165) is 18.7 Å². The molecule has 2 atom stereocenters. The van der Waals surface area contributed by atoms with Crippen molar-refractivity contribution in [2.24, 2.45) is 10.9 Å². The van der Waals surface area contributed by atoms with Crippen molar-refractivity contribution < 1.29 is 10.3 Å². The lowest BCUT2D eigenvalue weighted by Gasteiger charge is -2.29. The molecule has 6 nitrogen and oxygen atoms in total. The quantitative estimate of drug-likeness (QED) is 0.333. The number of nitrogens with two attached hydrogens (primary N) is 1. The maximum absolute atomic E-state index is 9.93. The molecule has 1 saturated heterocycles. The topological polar surface area (TPSA) is 85.3 Å². The monoisotopic (exact) mass is 312 g/mol. The summed E-state index contributed by atoms with van der Waals surface area (Å²) in [6, 6.07) is 5.63. The highest BCUT2D eigenvalue weighted by Gasteiger charge is 2.31. The third-order valence-electron chi connectivity index (χ3n) is 3.64. The molecular weight excluding hydrogens is 292 g/mol. The maximum atomic E-state index is 9.93. The molecule has 1 aliphatic heterocycles. The molecule has 0 amide bonds. The van der Waals surface area contributed by atoms with Gasteiger partial charge < -0.3 is 25.8 Å².